The van der Waals surface area contributed by atoms with Crippen LogP contribution in [0.1, 0.15) is 54.0 Å². The van der Waals surface area contributed by atoms with Crippen molar-refractivity contribution in [3.05, 3.63) is 53.5 Å². The molecule has 2 aliphatic carbocycles. The van der Waals surface area contributed by atoms with Crippen LogP contribution in [0.25, 0.3) is 0 Å². The average Bonchev–Trinajstić information content (AvgIpc) is 3.53. The van der Waals surface area contributed by atoms with Gasteiger partial charge in [-0.3, -0.25) is 9.00 Å². The fourth-order valence-corrected chi connectivity index (χ4v) is 3.79. The van der Waals surface area contributed by atoms with E-state index in [-0.39, 0.29) is 5.91 Å². The summed E-state index contributed by atoms with van der Waals surface area (Å²) < 4.78 is 17.5. The predicted octanol–water partition coefficient (Wildman–Crippen LogP) is 3.95. The van der Waals surface area contributed by atoms with Crippen LogP contribution >= 0.6 is 0 Å². The van der Waals surface area contributed by atoms with Crippen LogP contribution in [0, 0.1) is 5.92 Å². The number of nitrogens with zero attached hydrogens (tertiary/aromatic N) is 1. The lowest BCUT2D eigenvalue weighted by atomic mass is 10.2. The molecule has 2 fully saturated rings. The van der Waals surface area contributed by atoms with Gasteiger partial charge in [0.05, 0.1) is 6.54 Å². The standard InChI is InChI=1S/C20H23NO3S/c1-13-11-18(13)19-10-7-16(24-19)12-21(15-5-6-15)20(22)14-3-8-17(9-4-14)25(2)23/h3-4,7-10,13,15,18H,5-6,11-12H2,1-2H3. The first-order valence-electron chi connectivity index (χ1n) is 8.86. The number of furan rings is 1. The van der Waals surface area contributed by atoms with Crippen molar-refractivity contribution in [2.45, 2.75) is 49.6 Å². The molecule has 0 radical (unpaired) electrons. The summed E-state index contributed by atoms with van der Waals surface area (Å²) in [5, 5.41) is 0. The third-order valence-corrected chi connectivity index (χ3v) is 6.10. The normalized spacial score (nSPS) is 23.3. The Morgan fingerprint density at radius 1 is 1.20 bits per heavy atom. The minimum atomic E-state index is -1.03. The second kappa shape index (κ2) is 6.45. The number of carbonyl (C=O) groups excluding carboxylic acids is 1. The molecule has 3 atom stereocenters. The van der Waals surface area contributed by atoms with Gasteiger partial charge in [0.15, 0.2) is 0 Å². The third kappa shape index (κ3) is 3.56. The molecule has 132 valence electrons. The second-order valence-electron chi connectivity index (χ2n) is 7.27. The number of benzene rings is 1. The van der Waals surface area contributed by atoms with Gasteiger partial charge >= 0.3 is 0 Å². The molecule has 4 rings (SSSR count). The highest BCUT2D eigenvalue weighted by Gasteiger charge is 2.37. The molecular weight excluding hydrogens is 334 g/mol. The molecule has 2 aromatic rings. The molecule has 0 bridgehead atoms. The smallest absolute Gasteiger partial charge is 0.254 e. The van der Waals surface area contributed by atoms with E-state index < -0.39 is 10.8 Å². The molecule has 0 spiro atoms. The van der Waals surface area contributed by atoms with Crippen LogP contribution in [0.15, 0.2) is 45.7 Å². The van der Waals surface area contributed by atoms with Crippen molar-refractivity contribution in [3.8, 4) is 0 Å². The van der Waals surface area contributed by atoms with Crippen molar-refractivity contribution < 1.29 is 13.4 Å². The topological polar surface area (TPSA) is 50.5 Å². The summed E-state index contributed by atoms with van der Waals surface area (Å²) in [6.07, 6.45) is 4.94. The fourth-order valence-electron chi connectivity index (χ4n) is 3.27. The number of hydrogen-bond donors (Lipinski definition) is 0. The van der Waals surface area contributed by atoms with Crippen LogP contribution in [0.4, 0.5) is 0 Å². The molecule has 0 saturated heterocycles. The monoisotopic (exact) mass is 357 g/mol. The molecule has 1 heterocycles. The van der Waals surface area contributed by atoms with E-state index in [9.17, 15) is 9.00 Å². The van der Waals surface area contributed by atoms with Crippen LogP contribution in [-0.4, -0.2) is 27.3 Å². The molecule has 2 aliphatic rings. The van der Waals surface area contributed by atoms with Crippen molar-refractivity contribution in [2.24, 2.45) is 5.92 Å². The van der Waals surface area contributed by atoms with Gasteiger partial charge in [-0.2, -0.15) is 0 Å². The van der Waals surface area contributed by atoms with Gasteiger partial charge in [0.2, 0.25) is 0 Å². The Balaban J connectivity index is 1.49. The SMILES string of the molecule is CC1CC1c1ccc(CN(C(=O)c2ccc(S(C)=O)cc2)C2CC2)o1. The molecule has 25 heavy (non-hydrogen) atoms. The molecule has 3 unspecified atom stereocenters. The van der Waals surface area contributed by atoms with Crippen molar-refractivity contribution in [2.75, 3.05) is 6.26 Å². The maximum absolute atomic E-state index is 12.9. The lowest BCUT2D eigenvalue weighted by molar-refractivity contribution is 0.0716. The summed E-state index contributed by atoms with van der Waals surface area (Å²) in [7, 11) is -1.03. The van der Waals surface area contributed by atoms with E-state index in [0.29, 0.717) is 30.0 Å². The van der Waals surface area contributed by atoms with Crippen molar-refractivity contribution >= 4 is 16.7 Å². The summed E-state index contributed by atoms with van der Waals surface area (Å²) >= 11 is 0. The van der Waals surface area contributed by atoms with E-state index in [4.69, 9.17) is 4.42 Å². The van der Waals surface area contributed by atoms with Crippen LogP contribution in [0.5, 0.6) is 0 Å². The summed E-state index contributed by atoms with van der Waals surface area (Å²) in [5.41, 5.74) is 0.642. The Kier molecular flexibility index (Phi) is 4.28. The van der Waals surface area contributed by atoms with Crippen LogP contribution < -0.4 is 0 Å². The maximum Gasteiger partial charge on any atom is 0.254 e. The minimum absolute atomic E-state index is 0.0219. The van der Waals surface area contributed by atoms with Gasteiger partial charge in [0, 0.05) is 39.5 Å². The lowest BCUT2D eigenvalue weighted by Gasteiger charge is -2.21. The largest absolute Gasteiger partial charge is 0.464 e. The van der Waals surface area contributed by atoms with Gasteiger partial charge in [0.25, 0.3) is 5.91 Å². The van der Waals surface area contributed by atoms with E-state index in [1.807, 2.05) is 11.0 Å². The number of rotatable bonds is 6. The lowest BCUT2D eigenvalue weighted by Crippen LogP contribution is -2.32. The highest BCUT2D eigenvalue weighted by molar-refractivity contribution is 7.84. The Bertz CT molecular complexity index is 807. The highest BCUT2D eigenvalue weighted by Crippen LogP contribution is 2.47. The molecule has 0 N–H and O–H groups in total. The highest BCUT2D eigenvalue weighted by atomic mass is 32.2. The first kappa shape index (κ1) is 16.6. The Hall–Kier alpha value is -1.88. The molecule has 1 amide bonds. The van der Waals surface area contributed by atoms with Gasteiger partial charge in [-0.25, -0.2) is 0 Å². The molecule has 1 aromatic carbocycles. The molecule has 1 aromatic heterocycles. The van der Waals surface area contributed by atoms with Gasteiger partial charge in [-0.1, -0.05) is 6.92 Å². The van der Waals surface area contributed by atoms with Gasteiger partial charge in [0.1, 0.15) is 11.5 Å². The first-order valence-corrected chi connectivity index (χ1v) is 10.4. The Morgan fingerprint density at radius 2 is 1.88 bits per heavy atom. The molecule has 5 heteroatoms. The quantitative estimate of drug-likeness (QED) is 0.787. The van der Waals surface area contributed by atoms with E-state index in [1.54, 1.807) is 30.5 Å². The van der Waals surface area contributed by atoms with Crippen molar-refractivity contribution in [1.29, 1.82) is 0 Å². The zero-order chi connectivity index (χ0) is 17.6. The molecule has 4 nitrogen and oxygen atoms in total. The number of carbonyl (C=O) groups is 1. The van der Waals surface area contributed by atoms with E-state index in [1.165, 1.54) is 6.42 Å². The minimum Gasteiger partial charge on any atom is -0.464 e. The zero-order valence-electron chi connectivity index (χ0n) is 14.6. The number of amides is 1. The fraction of sp³-hybridized carbons (Fsp3) is 0.450. The van der Waals surface area contributed by atoms with Crippen LogP contribution in [-0.2, 0) is 17.3 Å². The van der Waals surface area contributed by atoms with Crippen LogP contribution in [0.3, 0.4) is 0 Å². The van der Waals surface area contributed by atoms with Gasteiger partial charge in [-0.05, 0) is 61.6 Å². The third-order valence-electron chi connectivity index (χ3n) is 5.17. The summed E-state index contributed by atoms with van der Waals surface area (Å²) in [6.45, 7) is 2.76. The molecule has 0 aliphatic heterocycles. The predicted molar refractivity (Wildman–Crippen MR) is 96.9 cm³/mol. The second-order valence-corrected chi connectivity index (χ2v) is 8.65. The molecule has 2 saturated carbocycles. The van der Waals surface area contributed by atoms with Crippen LogP contribution in [0.2, 0.25) is 0 Å². The summed E-state index contributed by atoms with van der Waals surface area (Å²) in [4.78, 5) is 15.6. The van der Waals surface area contributed by atoms with Gasteiger partial charge in [-0.15, -0.1) is 0 Å². The van der Waals surface area contributed by atoms with Crippen molar-refractivity contribution in [1.82, 2.24) is 4.90 Å². The van der Waals surface area contributed by atoms with E-state index in [2.05, 4.69) is 13.0 Å². The average molecular weight is 357 g/mol. The van der Waals surface area contributed by atoms with Crippen molar-refractivity contribution in [3.63, 3.8) is 0 Å². The number of hydrogen-bond acceptors (Lipinski definition) is 3. The van der Waals surface area contributed by atoms with E-state index in [0.717, 1.165) is 29.3 Å². The Morgan fingerprint density at radius 3 is 2.44 bits per heavy atom. The molecular formula is C20H23NO3S. The first-order chi connectivity index (χ1) is 12.0. The van der Waals surface area contributed by atoms with E-state index >= 15 is 0 Å². The summed E-state index contributed by atoms with van der Waals surface area (Å²) in [5.74, 6) is 3.21. The Labute approximate surface area is 150 Å². The zero-order valence-corrected chi connectivity index (χ0v) is 15.4. The maximum atomic E-state index is 12.9. The van der Waals surface area contributed by atoms with Gasteiger partial charge < -0.3 is 9.32 Å². The summed E-state index contributed by atoms with van der Waals surface area (Å²) in [6, 6.07) is 11.5.